The molecular formula is C15H26N4O2. The molecule has 0 unspecified atom stereocenters. The molecule has 1 aliphatic rings. The Bertz CT molecular complexity index is 508. The van der Waals surface area contributed by atoms with E-state index in [0.717, 1.165) is 30.5 Å². The third kappa shape index (κ3) is 3.97. The monoisotopic (exact) mass is 294 g/mol. The van der Waals surface area contributed by atoms with Gasteiger partial charge in [-0.15, -0.1) is 0 Å². The Balaban J connectivity index is 1.77. The number of likely N-dealkylation sites (N-methyl/N-ethyl adjacent to an activating group) is 2. The van der Waals surface area contributed by atoms with E-state index in [9.17, 15) is 4.79 Å². The molecule has 1 aromatic rings. The highest BCUT2D eigenvalue weighted by molar-refractivity contribution is 5.77. The van der Waals surface area contributed by atoms with Gasteiger partial charge in [0.05, 0.1) is 5.69 Å². The molecular weight excluding hydrogens is 268 g/mol. The van der Waals surface area contributed by atoms with E-state index in [-0.39, 0.29) is 12.5 Å². The molecule has 118 valence electrons. The quantitative estimate of drug-likeness (QED) is 0.752. The lowest BCUT2D eigenvalue weighted by Crippen LogP contribution is -2.37. The molecule has 1 heterocycles. The van der Waals surface area contributed by atoms with Crippen LogP contribution >= 0.6 is 0 Å². The number of amides is 1. The van der Waals surface area contributed by atoms with Crippen LogP contribution in [0.3, 0.4) is 0 Å². The van der Waals surface area contributed by atoms with Gasteiger partial charge in [-0.2, -0.15) is 5.10 Å². The van der Waals surface area contributed by atoms with Gasteiger partial charge in [-0.25, -0.2) is 0 Å². The van der Waals surface area contributed by atoms with Crippen LogP contribution in [0.5, 0.6) is 5.75 Å². The van der Waals surface area contributed by atoms with Crippen molar-refractivity contribution < 1.29 is 9.53 Å². The van der Waals surface area contributed by atoms with Crippen LogP contribution in [0.15, 0.2) is 0 Å². The summed E-state index contributed by atoms with van der Waals surface area (Å²) in [6.45, 7) is 5.55. The number of rotatable bonds is 7. The van der Waals surface area contributed by atoms with Crippen LogP contribution in [0.25, 0.3) is 0 Å². The lowest BCUT2D eigenvalue weighted by molar-refractivity contribution is -0.132. The van der Waals surface area contributed by atoms with Gasteiger partial charge in [0.25, 0.3) is 5.91 Å². The maximum atomic E-state index is 12.1. The van der Waals surface area contributed by atoms with Gasteiger partial charge in [0, 0.05) is 33.2 Å². The Kier molecular flexibility index (Phi) is 4.88. The molecule has 1 fully saturated rings. The Morgan fingerprint density at radius 2 is 2.00 bits per heavy atom. The Morgan fingerprint density at radius 3 is 2.52 bits per heavy atom. The molecule has 0 saturated heterocycles. The van der Waals surface area contributed by atoms with Gasteiger partial charge in [-0.1, -0.05) is 0 Å². The molecule has 0 N–H and O–H groups in total. The molecule has 6 heteroatoms. The molecule has 1 aliphatic carbocycles. The smallest absolute Gasteiger partial charge is 0.260 e. The summed E-state index contributed by atoms with van der Waals surface area (Å²) in [6, 6.07) is 0.727. The molecule has 1 saturated carbocycles. The molecule has 0 aliphatic heterocycles. The Hall–Kier alpha value is -1.56. The van der Waals surface area contributed by atoms with Crippen LogP contribution in [-0.4, -0.2) is 65.3 Å². The molecule has 6 nitrogen and oxygen atoms in total. The van der Waals surface area contributed by atoms with E-state index in [1.807, 2.05) is 27.9 Å². The number of hydrogen-bond donors (Lipinski definition) is 0. The van der Waals surface area contributed by atoms with E-state index in [1.54, 1.807) is 9.58 Å². The molecule has 0 radical (unpaired) electrons. The SMILES string of the molecule is Cc1nn(C)c(C)c1OCC(=O)N(C)CCN(C)C1CC1. The van der Waals surface area contributed by atoms with Gasteiger partial charge in [-0.3, -0.25) is 9.48 Å². The molecule has 21 heavy (non-hydrogen) atoms. The first-order chi connectivity index (χ1) is 9.90. The highest BCUT2D eigenvalue weighted by Crippen LogP contribution is 2.24. The summed E-state index contributed by atoms with van der Waals surface area (Å²) < 4.78 is 7.42. The third-order valence-electron chi connectivity index (χ3n) is 4.17. The number of nitrogens with zero attached hydrogens (tertiary/aromatic N) is 4. The van der Waals surface area contributed by atoms with E-state index < -0.39 is 0 Å². The normalized spacial score (nSPS) is 14.6. The Labute approximate surface area is 126 Å². The minimum atomic E-state index is 0.00171. The number of hydrogen-bond acceptors (Lipinski definition) is 4. The van der Waals surface area contributed by atoms with Crippen LogP contribution in [0.4, 0.5) is 0 Å². The zero-order valence-electron chi connectivity index (χ0n) is 13.7. The second kappa shape index (κ2) is 6.47. The van der Waals surface area contributed by atoms with Crippen LogP contribution in [-0.2, 0) is 11.8 Å². The minimum absolute atomic E-state index is 0.00171. The number of carbonyl (C=O) groups is 1. The second-order valence-electron chi connectivity index (χ2n) is 5.94. The Morgan fingerprint density at radius 1 is 1.33 bits per heavy atom. The van der Waals surface area contributed by atoms with E-state index in [4.69, 9.17) is 4.74 Å². The minimum Gasteiger partial charge on any atom is -0.480 e. The zero-order valence-corrected chi connectivity index (χ0v) is 13.7. The van der Waals surface area contributed by atoms with Gasteiger partial charge < -0.3 is 14.5 Å². The fourth-order valence-electron chi connectivity index (χ4n) is 2.34. The van der Waals surface area contributed by atoms with Crippen molar-refractivity contribution in [3.63, 3.8) is 0 Å². The first-order valence-corrected chi connectivity index (χ1v) is 7.47. The largest absolute Gasteiger partial charge is 0.480 e. The van der Waals surface area contributed by atoms with Crippen molar-refractivity contribution in [1.29, 1.82) is 0 Å². The van der Waals surface area contributed by atoms with Gasteiger partial charge >= 0.3 is 0 Å². The summed E-state index contributed by atoms with van der Waals surface area (Å²) in [5.41, 5.74) is 1.76. The third-order valence-corrected chi connectivity index (χ3v) is 4.17. The lowest BCUT2D eigenvalue weighted by Gasteiger charge is -2.22. The lowest BCUT2D eigenvalue weighted by atomic mass is 10.3. The average Bonchev–Trinajstić information content (AvgIpc) is 3.24. The first kappa shape index (κ1) is 15.8. The summed E-state index contributed by atoms with van der Waals surface area (Å²) in [5.74, 6) is 0.719. The summed E-state index contributed by atoms with van der Waals surface area (Å²) >= 11 is 0. The molecule has 1 amide bonds. The zero-order chi connectivity index (χ0) is 15.6. The van der Waals surface area contributed by atoms with Gasteiger partial charge in [0.2, 0.25) is 0 Å². The van der Waals surface area contributed by atoms with Gasteiger partial charge in [-0.05, 0) is 33.7 Å². The summed E-state index contributed by atoms with van der Waals surface area (Å²) in [4.78, 5) is 16.2. The van der Waals surface area contributed by atoms with Crippen molar-refractivity contribution in [3.05, 3.63) is 11.4 Å². The molecule has 2 rings (SSSR count). The van der Waals surface area contributed by atoms with Crippen molar-refractivity contribution in [1.82, 2.24) is 19.6 Å². The summed E-state index contributed by atoms with van der Waals surface area (Å²) in [6.07, 6.45) is 2.58. The predicted octanol–water partition coefficient (Wildman–Crippen LogP) is 0.968. The van der Waals surface area contributed by atoms with E-state index >= 15 is 0 Å². The number of aryl methyl sites for hydroxylation is 2. The molecule has 0 spiro atoms. The predicted molar refractivity (Wildman–Crippen MR) is 81.5 cm³/mol. The van der Waals surface area contributed by atoms with E-state index in [1.165, 1.54) is 12.8 Å². The fraction of sp³-hybridized carbons (Fsp3) is 0.733. The molecule has 0 aromatic carbocycles. The van der Waals surface area contributed by atoms with Crippen molar-refractivity contribution >= 4 is 5.91 Å². The molecule has 0 bridgehead atoms. The second-order valence-corrected chi connectivity index (χ2v) is 5.94. The van der Waals surface area contributed by atoms with E-state index in [0.29, 0.717) is 5.75 Å². The number of carbonyl (C=O) groups excluding carboxylic acids is 1. The maximum Gasteiger partial charge on any atom is 0.260 e. The maximum absolute atomic E-state index is 12.1. The van der Waals surface area contributed by atoms with E-state index in [2.05, 4.69) is 17.0 Å². The van der Waals surface area contributed by atoms with Crippen molar-refractivity contribution in [3.8, 4) is 5.75 Å². The van der Waals surface area contributed by atoms with Crippen LogP contribution in [0.1, 0.15) is 24.2 Å². The molecule has 1 aromatic heterocycles. The highest BCUT2D eigenvalue weighted by atomic mass is 16.5. The fourth-order valence-corrected chi connectivity index (χ4v) is 2.34. The van der Waals surface area contributed by atoms with Crippen molar-refractivity contribution in [2.24, 2.45) is 7.05 Å². The topological polar surface area (TPSA) is 50.6 Å². The van der Waals surface area contributed by atoms with Crippen LogP contribution < -0.4 is 4.74 Å². The number of ether oxygens (including phenoxy) is 1. The van der Waals surface area contributed by atoms with Crippen LogP contribution in [0.2, 0.25) is 0 Å². The van der Waals surface area contributed by atoms with Crippen molar-refractivity contribution in [2.75, 3.05) is 33.8 Å². The number of aromatic nitrogens is 2. The van der Waals surface area contributed by atoms with Gasteiger partial charge in [0.1, 0.15) is 5.69 Å². The summed E-state index contributed by atoms with van der Waals surface area (Å²) in [5, 5.41) is 4.28. The highest BCUT2D eigenvalue weighted by Gasteiger charge is 2.26. The standard InChI is InChI=1S/C15H26N4O2/c1-11-15(12(2)19(5)16-11)21-10-14(20)18(4)9-8-17(3)13-6-7-13/h13H,6-10H2,1-5H3. The van der Waals surface area contributed by atoms with Crippen LogP contribution in [0, 0.1) is 13.8 Å². The van der Waals surface area contributed by atoms with Gasteiger partial charge in [0.15, 0.2) is 12.4 Å². The summed E-state index contributed by atoms with van der Waals surface area (Å²) in [7, 11) is 5.82. The molecule has 0 atom stereocenters. The average molecular weight is 294 g/mol. The first-order valence-electron chi connectivity index (χ1n) is 7.47. The van der Waals surface area contributed by atoms with Crippen molar-refractivity contribution in [2.45, 2.75) is 32.7 Å².